The molecule has 0 amide bonds. The molecule has 7 atom stereocenters. The van der Waals surface area contributed by atoms with Crippen LogP contribution in [0.2, 0.25) is 0 Å². The van der Waals surface area contributed by atoms with Crippen molar-refractivity contribution in [3.05, 3.63) is 53.1 Å². The van der Waals surface area contributed by atoms with E-state index in [1.54, 1.807) is 44.2 Å². The first-order valence-corrected chi connectivity index (χ1v) is 14.9. The first kappa shape index (κ1) is 28.9. The highest BCUT2D eigenvalue weighted by atomic mass is 35.5. The van der Waals surface area contributed by atoms with Crippen molar-refractivity contribution in [2.24, 2.45) is 0 Å². The highest BCUT2D eigenvalue weighted by Crippen LogP contribution is 2.65. The van der Waals surface area contributed by atoms with Crippen LogP contribution < -0.4 is 21.0 Å². The molecule has 2 heterocycles. The molecule has 1 aliphatic heterocycles. The average molecular weight is 591 g/mol. The lowest BCUT2D eigenvalue weighted by atomic mass is 10.1. The summed E-state index contributed by atoms with van der Waals surface area (Å²) in [5.41, 5.74) is 3.14. The molecule has 1 saturated carbocycles. The third-order valence-corrected chi connectivity index (χ3v) is 9.19. The molecule has 1 saturated heterocycles. The van der Waals surface area contributed by atoms with Gasteiger partial charge < -0.3 is 29.4 Å². The second-order valence-electron chi connectivity index (χ2n) is 9.41. The van der Waals surface area contributed by atoms with E-state index in [1.807, 2.05) is 0 Å². The number of nitrogens with zero attached hydrogens (tertiary/aromatic N) is 2. The van der Waals surface area contributed by atoms with Gasteiger partial charge >= 0.3 is 18.3 Å². The van der Waals surface area contributed by atoms with Crippen molar-refractivity contribution in [3.63, 3.8) is 0 Å². The Bertz CT molecular complexity index is 1290. The third-order valence-electron chi connectivity index (χ3n) is 6.15. The van der Waals surface area contributed by atoms with Crippen molar-refractivity contribution in [1.29, 1.82) is 0 Å². The Morgan fingerprint density at radius 2 is 2.08 bits per heavy atom. The number of hydrogen-bond acceptors (Lipinski definition) is 10. The molecule has 0 bridgehead atoms. The normalized spacial score (nSPS) is 30.7. The zero-order valence-electron chi connectivity index (χ0n) is 20.8. The number of nitrogens with one attached hydrogen (secondary N) is 1. The fraction of sp³-hybridized carbons (Fsp3) is 0.522. The number of alkyl halides is 2. The molecule has 3 unspecified atom stereocenters. The molecule has 11 nitrogen and oxygen atoms in total. The van der Waals surface area contributed by atoms with Gasteiger partial charge in [0.05, 0.1) is 18.8 Å². The average Bonchev–Trinajstić information content (AvgIpc) is 3.52. The van der Waals surface area contributed by atoms with Crippen LogP contribution in [-0.2, 0) is 30.6 Å². The lowest BCUT2D eigenvalue weighted by molar-refractivity contribution is -0.149. The fourth-order valence-corrected chi connectivity index (χ4v) is 7.03. The van der Waals surface area contributed by atoms with Crippen molar-refractivity contribution in [2.45, 2.75) is 68.3 Å². The number of nitrogens with two attached hydrogens (primary N) is 1. The van der Waals surface area contributed by atoms with Crippen molar-refractivity contribution in [3.8, 4) is 5.75 Å². The van der Waals surface area contributed by atoms with E-state index in [0.717, 1.165) is 4.57 Å². The summed E-state index contributed by atoms with van der Waals surface area (Å²) < 4.78 is 39.8. The zero-order valence-corrected chi connectivity index (χ0v) is 23.3. The summed E-state index contributed by atoms with van der Waals surface area (Å²) >= 11 is 11.8. The van der Waals surface area contributed by atoms with Gasteiger partial charge in [0.2, 0.25) is 5.13 Å². The number of aliphatic hydroxyl groups is 1. The molecule has 2 fully saturated rings. The molecule has 1 aromatic carbocycles. The molecule has 1 aliphatic carbocycles. The lowest BCUT2D eigenvalue weighted by Crippen LogP contribution is -2.43. The van der Waals surface area contributed by atoms with E-state index >= 15 is 4.39 Å². The maximum atomic E-state index is 15.7. The first-order chi connectivity index (χ1) is 17.8. The maximum Gasteiger partial charge on any atom is 0.349 e. The molecular weight excluding hydrogens is 562 g/mol. The van der Waals surface area contributed by atoms with E-state index in [1.165, 1.54) is 19.2 Å². The Kier molecular flexibility index (Phi) is 8.21. The smallest absolute Gasteiger partial charge is 0.349 e. The van der Waals surface area contributed by atoms with Crippen LogP contribution in [0.4, 0.5) is 10.2 Å². The minimum Gasteiger partial charge on any atom is -0.462 e. The van der Waals surface area contributed by atoms with Gasteiger partial charge in [-0.15, -0.1) is 0 Å². The van der Waals surface area contributed by atoms with Gasteiger partial charge in [0.15, 0.2) is 0 Å². The van der Waals surface area contributed by atoms with Crippen LogP contribution in [0.1, 0.15) is 33.2 Å². The van der Waals surface area contributed by atoms with Gasteiger partial charge in [0, 0.05) is 12.6 Å². The van der Waals surface area contributed by atoms with Crippen LogP contribution in [0.3, 0.4) is 0 Å². The van der Waals surface area contributed by atoms with Gasteiger partial charge in [0.25, 0.3) is 0 Å². The number of halogens is 2. The molecule has 4 N–H and O–H groups in total. The molecule has 15 heteroatoms. The highest BCUT2D eigenvalue weighted by Gasteiger charge is 2.78. The summed E-state index contributed by atoms with van der Waals surface area (Å²) in [6.45, 7) is 1.06. The summed E-state index contributed by atoms with van der Waals surface area (Å²) in [7, 11) is 0. The number of carbonyl (C=O) groups is 1. The number of benzene rings is 1. The molecule has 1 spiro atoms. The van der Waals surface area contributed by atoms with Crippen molar-refractivity contribution in [1.82, 2.24) is 14.6 Å². The summed E-state index contributed by atoms with van der Waals surface area (Å²) in [6.07, 6.45) is -2.06. The van der Waals surface area contributed by atoms with Gasteiger partial charge in [0.1, 0.15) is 35.4 Å². The number of ether oxygens (including phenoxy) is 2. The summed E-state index contributed by atoms with van der Waals surface area (Å²) in [4.78, 5) is 28.3. The Balaban J connectivity index is 1.51. The third kappa shape index (κ3) is 5.74. The standard InChI is InChI=1S/C23H29ClFN4O7PS/c1-13(2)34-20(31)14(3)28-37(38,36-15-7-5-4-6-8-15)33-12-16-19(30)23(24,25)22(35-16)11-17(22)29-10-9-18(26)27-21(29)32/h4-10,13-14,16-17,19,30H,11-12H2,1-3H3,(H,28,38)(H2,26,27,32)/t14-,16?,17?,19+,22?,23-,37+/m0/s1. The lowest BCUT2D eigenvalue weighted by Gasteiger charge is -2.28. The predicted octanol–water partition coefficient (Wildman–Crippen LogP) is 2.42. The van der Waals surface area contributed by atoms with Crippen LogP contribution in [-0.4, -0.2) is 62.3 Å². The summed E-state index contributed by atoms with van der Waals surface area (Å²) in [5.74, 6) is -0.190. The van der Waals surface area contributed by atoms with Crippen molar-refractivity contribution < 1.29 is 32.8 Å². The number of aromatic nitrogens is 2. The second-order valence-corrected chi connectivity index (χ2v) is 13.1. The number of carbonyl (C=O) groups excluding carboxylic acids is 1. The Morgan fingerprint density at radius 3 is 2.71 bits per heavy atom. The van der Waals surface area contributed by atoms with Crippen LogP contribution in [0.25, 0.3) is 0 Å². The molecule has 208 valence electrons. The number of rotatable bonds is 10. The minimum absolute atomic E-state index is 0.0110. The maximum absolute atomic E-state index is 15.7. The molecule has 2 aromatic rings. The number of esters is 1. The van der Waals surface area contributed by atoms with Gasteiger partial charge in [-0.25, -0.2) is 14.3 Å². The van der Waals surface area contributed by atoms with Crippen LogP contribution >= 0.6 is 18.2 Å². The van der Waals surface area contributed by atoms with Crippen LogP contribution in [0, 0.1) is 0 Å². The van der Waals surface area contributed by atoms with E-state index in [9.17, 15) is 14.7 Å². The molecule has 2 aliphatic rings. The SMILES string of the molecule is CC(C)OC(=O)[C@H](C)N[P@@](=S)(OCC1OC2(CC2n2ccc(N)nc2=O)[C@](F)(Cl)[C@@H]1O)Oc1ccccc1. The van der Waals surface area contributed by atoms with Gasteiger partial charge in [-0.1, -0.05) is 29.8 Å². The van der Waals surface area contributed by atoms with Crippen LogP contribution in [0.5, 0.6) is 5.75 Å². The van der Waals surface area contributed by atoms with Crippen molar-refractivity contribution >= 4 is 41.8 Å². The summed E-state index contributed by atoms with van der Waals surface area (Å²) in [6, 6.07) is 8.20. The zero-order chi connectivity index (χ0) is 27.9. The number of anilines is 1. The summed E-state index contributed by atoms with van der Waals surface area (Å²) in [5, 5.41) is 10.9. The van der Waals surface area contributed by atoms with E-state index in [-0.39, 0.29) is 18.3 Å². The molecule has 0 radical (unpaired) electrons. The first-order valence-electron chi connectivity index (χ1n) is 11.8. The Hall–Kier alpha value is -2.12. The number of nitrogen functional groups attached to an aromatic ring is 1. The van der Waals surface area contributed by atoms with Gasteiger partial charge in [-0.2, -0.15) is 4.98 Å². The van der Waals surface area contributed by atoms with E-state index in [0.29, 0.717) is 5.75 Å². The van der Waals surface area contributed by atoms with E-state index < -0.39 is 59.9 Å². The second kappa shape index (κ2) is 10.8. The largest absolute Gasteiger partial charge is 0.462 e. The molecule has 1 aromatic heterocycles. The highest BCUT2D eigenvalue weighted by molar-refractivity contribution is 8.09. The van der Waals surface area contributed by atoms with E-state index in [4.69, 9.17) is 47.7 Å². The predicted molar refractivity (Wildman–Crippen MR) is 141 cm³/mol. The Labute approximate surface area is 228 Å². The topological polar surface area (TPSA) is 147 Å². The van der Waals surface area contributed by atoms with E-state index in [2.05, 4.69) is 10.1 Å². The number of para-hydroxylation sites is 1. The molecular formula is C23H29ClFN4O7PS. The van der Waals surface area contributed by atoms with Crippen molar-refractivity contribution in [2.75, 3.05) is 12.3 Å². The number of hydrogen-bond donors (Lipinski definition) is 3. The fourth-order valence-electron chi connectivity index (χ4n) is 4.23. The monoisotopic (exact) mass is 590 g/mol. The molecule has 38 heavy (non-hydrogen) atoms. The minimum atomic E-state index is -3.48. The quantitative estimate of drug-likeness (QED) is 0.213. The Morgan fingerprint density at radius 1 is 1.39 bits per heavy atom. The molecule has 4 rings (SSSR count). The van der Waals surface area contributed by atoms with Gasteiger partial charge in [-0.05, 0) is 50.8 Å². The number of aliphatic hydroxyl groups excluding tert-OH is 1. The van der Waals surface area contributed by atoms with Crippen LogP contribution in [0.15, 0.2) is 47.4 Å². The van der Waals surface area contributed by atoms with Gasteiger partial charge in [-0.3, -0.25) is 9.36 Å².